The second-order valence-corrected chi connectivity index (χ2v) is 6.76. The van der Waals surface area contributed by atoms with Gasteiger partial charge in [0, 0.05) is 5.69 Å². The van der Waals surface area contributed by atoms with Gasteiger partial charge in [-0.2, -0.15) is 5.10 Å². The number of rotatable bonds is 6. The molecule has 1 aliphatic heterocycles. The molecule has 9 nitrogen and oxygen atoms in total. The SMILES string of the molecule is COc1ccc(NC(=O)c2cnn3c2NC(C(=O)O)=CC3c2ccc(OC)cc2)cc1. The van der Waals surface area contributed by atoms with Crippen molar-refractivity contribution in [2.45, 2.75) is 6.04 Å². The van der Waals surface area contributed by atoms with Crippen LogP contribution in [0.4, 0.5) is 11.5 Å². The van der Waals surface area contributed by atoms with Crippen LogP contribution >= 0.6 is 0 Å². The van der Waals surface area contributed by atoms with Crippen molar-refractivity contribution in [3.8, 4) is 11.5 Å². The maximum absolute atomic E-state index is 12.9. The van der Waals surface area contributed by atoms with Gasteiger partial charge in [-0.1, -0.05) is 12.1 Å². The van der Waals surface area contributed by atoms with E-state index < -0.39 is 17.9 Å². The summed E-state index contributed by atoms with van der Waals surface area (Å²) in [5.74, 6) is 0.0970. The molecule has 1 atom stereocenters. The molecule has 158 valence electrons. The zero-order valence-corrected chi connectivity index (χ0v) is 16.8. The lowest BCUT2D eigenvalue weighted by molar-refractivity contribution is -0.132. The Bertz CT molecular complexity index is 1150. The van der Waals surface area contributed by atoms with Gasteiger partial charge < -0.3 is 25.2 Å². The smallest absolute Gasteiger partial charge is 0.352 e. The van der Waals surface area contributed by atoms with Gasteiger partial charge in [0.1, 0.15) is 28.6 Å². The molecule has 2 aromatic carbocycles. The molecule has 1 aliphatic rings. The minimum Gasteiger partial charge on any atom is -0.497 e. The van der Waals surface area contributed by atoms with Crippen LogP contribution in [0.2, 0.25) is 0 Å². The van der Waals surface area contributed by atoms with Crippen molar-refractivity contribution in [1.29, 1.82) is 0 Å². The predicted octanol–water partition coefficient (Wildman–Crippen LogP) is 3.14. The second-order valence-electron chi connectivity index (χ2n) is 6.76. The van der Waals surface area contributed by atoms with Crippen LogP contribution in [0.5, 0.6) is 11.5 Å². The number of carbonyl (C=O) groups excluding carboxylic acids is 1. The summed E-state index contributed by atoms with van der Waals surface area (Å²) in [5.41, 5.74) is 1.56. The van der Waals surface area contributed by atoms with E-state index in [1.165, 1.54) is 6.20 Å². The Morgan fingerprint density at radius 2 is 1.65 bits per heavy atom. The van der Waals surface area contributed by atoms with Crippen LogP contribution in [0.1, 0.15) is 22.0 Å². The first kappa shape index (κ1) is 20.0. The molecule has 9 heteroatoms. The number of aliphatic carboxylic acids is 1. The molecule has 1 unspecified atom stereocenters. The number of hydrogen-bond acceptors (Lipinski definition) is 6. The van der Waals surface area contributed by atoms with E-state index in [9.17, 15) is 14.7 Å². The Labute approximate surface area is 177 Å². The molecule has 2 heterocycles. The lowest BCUT2D eigenvalue weighted by atomic mass is 10.0. The normalized spacial score (nSPS) is 14.6. The average Bonchev–Trinajstić information content (AvgIpc) is 3.23. The Morgan fingerprint density at radius 3 is 2.23 bits per heavy atom. The van der Waals surface area contributed by atoms with Crippen molar-refractivity contribution in [3.63, 3.8) is 0 Å². The number of nitrogens with one attached hydrogen (secondary N) is 2. The van der Waals surface area contributed by atoms with Gasteiger partial charge in [0.05, 0.1) is 26.5 Å². The third-order valence-electron chi connectivity index (χ3n) is 4.92. The number of carboxylic acid groups (broad SMARTS) is 1. The average molecular weight is 420 g/mol. The van der Waals surface area contributed by atoms with E-state index in [0.29, 0.717) is 23.0 Å². The van der Waals surface area contributed by atoms with Crippen molar-refractivity contribution in [2.75, 3.05) is 24.9 Å². The van der Waals surface area contributed by atoms with Crippen LogP contribution in [0.15, 0.2) is 66.5 Å². The van der Waals surface area contributed by atoms with E-state index in [-0.39, 0.29) is 11.3 Å². The van der Waals surface area contributed by atoms with Crippen LogP contribution in [-0.4, -0.2) is 41.0 Å². The molecule has 0 aliphatic carbocycles. The molecule has 1 amide bonds. The van der Waals surface area contributed by atoms with Gasteiger partial charge in [-0.05, 0) is 48.0 Å². The molecule has 3 N–H and O–H groups in total. The van der Waals surface area contributed by atoms with Crippen LogP contribution in [0.3, 0.4) is 0 Å². The van der Waals surface area contributed by atoms with Crippen LogP contribution < -0.4 is 20.1 Å². The van der Waals surface area contributed by atoms with E-state index in [1.54, 1.807) is 61.4 Å². The number of amides is 1. The number of ether oxygens (including phenoxy) is 2. The highest BCUT2D eigenvalue weighted by molar-refractivity contribution is 6.08. The highest BCUT2D eigenvalue weighted by Gasteiger charge is 2.29. The summed E-state index contributed by atoms with van der Waals surface area (Å²) in [6.45, 7) is 0. The van der Waals surface area contributed by atoms with Crippen LogP contribution in [-0.2, 0) is 4.79 Å². The molecule has 1 aromatic heterocycles. The molecule has 0 saturated carbocycles. The maximum Gasteiger partial charge on any atom is 0.352 e. The molecule has 31 heavy (non-hydrogen) atoms. The third kappa shape index (κ3) is 3.93. The third-order valence-corrected chi connectivity index (χ3v) is 4.92. The highest BCUT2D eigenvalue weighted by Crippen LogP contribution is 2.33. The number of carboxylic acids is 1. The molecule has 0 fully saturated rings. The number of benzene rings is 2. The fourth-order valence-electron chi connectivity index (χ4n) is 3.30. The van der Waals surface area contributed by atoms with Crippen molar-refractivity contribution in [3.05, 3.63) is 77.6 Å². The molecular weight excluding hydrogens is 400 g/mol. The molecular formula is C22H20N4O5. The summed E-state index contributed by atoms with van der Waals surface area (Å²) < 4.78 is 11.9. The predicted molar refractivity (Wildman–Crippen MR) is 114 cm³/mol. The zero-order valence-electron chi connectivity index (χ0n) is 16.8. The molecule has 0 spiro atoms. The fourth-order valence-corrected chi connectivity index (χ4v) is 3.30. The minimum atomic E-state index is -1.13. The van der Waals surface area contributed by atoms with Crippen molar-refractivity contribution in [1.82, 2.24) is 9.78 Å². The van der Waals surface area contributed by atoms with E-state index in [1.807, 2.05) is 12.1 Å². The minimum absolute atomic E-state index is 0.0349. The molecule has 3 aromatic rings. The first-order valence-corrected chi connectivity index (χ1v) is 9.39. The Hall–Kier alpha value is -4.27. The lowest BCUT2D eigenvalue weighted by Crippen LogP contribution is -2.25. The first-order chi connectivity index (χ1) is 15.0. The van der Waals surface area contributed by atoms with Crippen molar-refractivity contribution in [2.24, 2.45) is 0 Å². The van der Waals surface area contributed by atoms with Gasteiger partial charge in [0.15, 0.2) is 0 Å². The van der Waals surface area contributed by atoms with Gasteiger partial charge in [-0.15, -0.1) is 0 Å². The maximum atomic E-state index is 12.9. The van der Waals surface area contributed by atoms with Gasteiger partial charge in [0.2, 0.25) is 0 Å². The molecule has 0 radical (unpaired) electrons. The molecule has 0 saturated heterocycles. The summed E-state index contributed by atoms with van der Waals surface area (Å²) in [5, 5.41) is 19.5. The monoisotopic (exact) mass is 420 g/mol. The number of nitrogens with zero attached hydrogens (tertiary/aromatic N) is 2. The van der Waals surface area contributed by atoms with Gasteiger partial charge in [-0.3, -0.25) is 4.79 Å². The topological polar surface area (TPSA) is 115 Å². The largest absolute Gasteiger partial charge is 0.497 e. The van der Waals surface area contributed by atoms with Crippen LogP contribution in [0.25, 0.3) is 0 Å². The number of hydrogen-bond donors (Lipinski definition) is 3. The second kappa shape index (κ2) is 8.23. The highest BCUT2D eigenvalue weighted by atomic mass is 16.5. The first-order valence-electron chi connectivity index (χ1n) is 9.39. The number of carbonyl (C=O) groups is 2. The number of anilines is 2. The summed E-state index contributed by atoms with van der Waals surface area (Å²) in [7, 11) is 3.13. The van der Waals surface area contributed by atoms with Gasteiger partial charge in [0.25, 0.3) is 5.91 Å². The fraction of sp³-hybridized carbons (Fsp3) is 0.136. The number of allylic oxidation sites excluding steroid dienone is 1. The molecule has 4 rings (SSSR count). The van der Waals surface area contributed by atoms with Crippen LogP contribution in [0, 0.1) is 0 Å². The lowest BCUT2D eigenvalue weighted by Gasteiger charge is -2.24. The van der Waals surface area contributed by atoms with Gasteiger partial charge >= 0.3 is 5.97 Å². The van der Waals surface area contributed by atoms with Crippen molar-refractivity contribution >= 4 is 23.4 Å². The van der Waals surface area contributed by atoms with E-state index in [0.717, 1.165) is 5.56 Å². The Balaban J connectivity index is 1.67. The standard InChI is InChI=1S/C22H20N4O5/c1-30-15-7-3-13(4-8-15)19-11-18(22(28)29)25-20-17(12-23-26(19)20)21(27)24-14-5-9-16(31-2)10-6-14/h3-12,19,25H,1-2H3,(H,24,27)(H,28,29). The Kier molecular flexibility index (Phi) is 5.31. The quantitative estimate of drug-likeness (QED) is 0.561. The van der Waals surface area contributed by atoms with E-state index >= 15 is 0 Å². The van der Waals surface area contributed by atoms with Gasteiger partial charge in [-0.25, -0.2) is 9.48 Å². The van der Waals surface area contributed by atoms with E-state index in [4.69, 9.17) is 9.47 Å². The Morgan fingerprint density at radius 1 is 1.03 bits per heavy atom. The summed E-state index contributed by atoms with van der Waals surface area (Å²) in [6, 6.07) is 13.6. The summed E-state index contributed by atoms with van der Waals surface area (Å²) in [4.78, 5) is 24.6. The molecule has 0 bridgehead atoms. The number of fused-ring (bicyclic) bond motifs is 1. The number of aromatic nitrogens is 2. The summed E-state index contributed by atoms with van der Waals surface area (Å²) in [6.07, 6.45) is 2.96. The van der Waals surface area contributed by atoms with E-state index in [2.05, 4.69) is 15.7 Å². The van der Waals surface area contributed by atoms with Crippen molar-refractivity contribution < 1.29 is 24.2 Å². The zero-order chi connectivity index (χ0) is 22.0. The number of methoxy groups -OCH3 is 2. The summed E-state index contributed by atoms with van der Waals surface area (Å²) >= 11 is 0.